The van der Waals surface area contributed by atoms with Gasteiger partial charge in [0.2, 0.25) is 0 Å². The van der Waals surface area contributed by atoms with E-state index in [1.54, 1.807) is 0 Å². The van der Waals surface area contributed by atoms with Crippen molar-refractivity contribution in [1.29, 1.82) is 0 Å². The fourth-order valence-corrected chi connectivity index (χ4v) is 8.94. The predicted molar refractivity (Wildman–Crippen MR) is 241 cm³/mol. The Labute approximate surface area is 331 Å². The van der Waals surface area contributed by atoms with Gasteiger partial charge in [0.1, 0.15) is 0 Å². The Morgan fingerprint density at radius 2 is 0.842 bits per heavy atom. The molecule has 0 aliphatic carbocycles. The van der Waals surface area contributed by atoms with Crippen molar-refractivity contribution in [2.24, 2.45) is 0 Å². The van der Waals surface area contributed by atoms with Crippen LogP contribution in [0.1, 0.15) is 5.56 Å². The molecule has 0 radical (unpaired) electrons. The maximum atomic E-state index is 4.66. The minimum absolute atomic E-state index is 0.865. The maximum Gasteiger partial charge on any atom is 0.0936 e. The molecule has 11 rings (SSSR count). The molecule has 0 saturated carbocycles. The smallest absolute Gasteiger partial charge is 0.0936 e. The molecule has 0 aliphatic rings. The van der Waals surface area contributed by atoms with Crippen molar-refractivity contribution in [3.05, 3.63) is 206 Å². The summed E-state index contributed by atoms with van der Waals surface area (Å²) >= 11 is 0. The van der Waals surface area contributed by atoms with Crippen LogP contribution < -0.4 is 0 Å². The van der Waals surface area contributed by atoms with Crippen molar-refractivity contribution in [3.63, 3.8) is 0 Å². The topological polar surface area (TPSA) is 25.8 Å². The van der Waals surface area contributed by atoms with Crippen LogP contribution in [-0.4, -0.2) is 10.2 Å². The second-order valence-electron chi connectivity index (χ2n) is 15.0. The van der Waals surface area contributed by atoms with Crippen molar-refractivity contribution in [1.82, 2.24) is 10.2 Å². The van der Waals surface area contributed by atoms with E-state index in [2.05, 4.69) is 199 Å². The average Bonchev–Trinajstić information content (AvgIpc) is 3.28. The van der Waals surface area contributed by atoms with E-state index in [4.69, 9.17) is 0 Å². The molecule has 1 heterocycles. The van der Waals surface area contributed by atoms with Gasteiger partial charge in [0.15, 0.2) is 0 Å². The lowest BCUT2D eigenvalue weighted by molar-refractivity contribution is 1.05. The van der Waals surface area contributed by atoms with Crippen LogP contribution in [0.15, 0.2) is 200 Å². The standard InChI is InChI=1S/C55H36N2/c1-35-10-7-13-39-24-25-41-15-9-19-50(55(41)53(35)39)49-18-8-14-40-26-27-43-34-42(28-29-45(43)54(40)49)36-20-22-37(23-21-36)44-30-31-48(47-17-6-5-16-46(44)47)52-33-32-51(56-57-52)38-11-3-2-4-12-38/h2-34H,1H3. The van der Waals surface area contributed by atoms with E-state index in [-0.39, 0.29) is 0 Å². The molecular weight excluding hydrogens is 689 g/mol. The number of aromatic nitrogens is 2. The third-order valence-electron chi connectivity index (χ3n) is 11.7. The Morgan fingerprint density at radius 1 is 0.281 bits per heavy atom. The molecular formula is C55H36N2. The SMILES string of the molecule is Cc1cccc2ccc3cccc(-c4cccc5ccc6cc(-c7ccc(-c8ccc(-c9ccc(-c%10ccccc%10)nn9)c9ccccc89)cc7)ccc6c45)c3c12. The Hall–Kier alpha value is -7.42. The molecule has 2 heteroatoms. The number of aryl methyl sites for hydroxylation is 1. The number of hydrogen-bond acceptors (Lipinski definition) is 2. The van der Waals surface area contributed by atoms with Gasteiger partial charge in [-0.2, -0.15) is 0 Å². The summed E-state index contributed by atoms with van der Waals surface area (Å²) in [5, 5.41) is 21.8. The summed E-state index contributed by atoms with van der Waals surface area (Å²) in [7, 11) is 0. The van der Waals surface area contributed by atoms with E-state index in [0.29, 0.717) is 0 Å². The zero-order valence-electron chi connectivity index (χ0n) is 31.4. The van der Waals surface area contributed by atoms with Gasteiger partial charge in [-0.15, -0.1) is 10.2 Å². The summed E-state index contributed by atoms with van der Waals surface area (Å²) in [5.41, 5.74) is 12.5. The first-order valence-electron chi connectivity index (χ1n) is 19.6. The van der Waals surface area contributed by atoms with E-state index in [0.717, 1.165) is 27.9 Å². The summed E-state index contributed by atoms with van der Waals surface area (Å²) in [6, 6.07) is 72.4. The Kier molecular flexibility index (Phi) is 7.75. The van der Waals surface area contributed by atoms with Crippen LogP contribution in [0.2, 0.25) is 0 Å². The van der Waals surface area contributed by atoms with E-state index in [9.17, 15) is 0 Å². The first-order chi connectivity index (χ1) is 28.2. The third kappa shape index (κ3) is 5.57. The first kappa shape index (κ1) is 33.0. The van der Waals surface area contributed by atoms with Crippen LogP contribution in [0.4, 0.5) is 0 Å². The van der Waals surface area contributed by atoms with Gasteiger partial charge in [-0.1, -0.05) is 182 Å². The van der Waals surface area contributed by atoms with E-state index in [1.807, 2.05) is 18.2 Å². The van der Waals surface area contributed by atoms with Crippen molar-refractivity contribution in [2.45, 2.75) is 6.92 Å². The monoisotopic (exact) mass is 724 g/mol. The van der Waals surface area contributed by atoms with Gasteiger partial charge in [-0.25, -0.2) is 0 Å². The molecule has 0 atom stereocenters. The summed E-state index contributed by atoms with van der Waals surface area (Å²) in [4.78, 5) is 0. The largest absolute Gasteiger partial charge is 0.150 e. The molecule has 266 valence electrons. The fraction of sp³-hybridized carbons (Fsp3) is 0.0182. The van der Waals surface area contributed by atoms with Gasteiger partial charge in [0.25, 0.3) is 0 Å². The van der Waals surface area contributed by atoms with Crippen molar-refractivity contribution in [3.8, 4) is 55.9 Å². The molecule has 0 bridgehead atoms. The second-order valence-corrected chi connectivity index (χ2v) is 15.0. The van der Waals surface area contributed by atoms with Gasteiger partial charge >= 0.3 is 0 Å². The van der Waals surface area contributed by atoms with Crippen molar-refractivity contribution in [2.75, 3.05) is 0 Å². The highest BCUT2D eigenvalue weighted by atomic mass is 15.1. The van der Waals surface area contributed by atoms with Gasteiger partial charge in [0, 0.05) is 11.1 Å². The van der Waals surface area contributed by atoms with E-state index in [1.165, 1.54) is 87.4 Å². The lowest BCUT2D eigenvalue weighted by atomic mass is 9.88. The predicted octanol–water partition coefficient (Wildman–Crippen LogP) is 14.9. The third-order valence-corrected chi connectivity index (χ3v) is 11.7. The van der Waals surface area contributed by atoms with Gasteiger partial charge in [0.05, 0.1) is 11.4 Å². The summed E-state index contributed by atoms with van der Waals surface area (Å²) in [6.45, 7) is 2.23. The number of hydrogen-bond donors (Lipinski definition) is 0. The molecule has 57 heavy (non-hydrogen) atoms. The quantitative estimate of drug-likeness (QED) is 0.165. The Balaban J connectivity index is 0.962. The summed E-state index contributed by atoms with van der Waals surface area (Å²) in [6.07, 6.45) is 0. The molecule has 0 N–H and O–H groups in total. The lowest BCUT2D eigenvalue weighted by Crippen LogP contribution is -1.92. The lowest BCUT2D eigenvalue weighted by Gasteiger charge is -2.16. The maximum absolute atomic E-state index is 4.66. The van der Waals surface area contributed by atoms with Crippen LogP contribution in [0.5, 0.6) is 0 Å². The molecule has 1 aromatic heterocycles. The van der Waals surface area contributed by atoms with Crippen LogP contribution >= 0.6 is 0 Å². The summed E-state index contributed by atoms with van der Waals surface area (Å²) in [5.74, 6) is 0. The zero-order chi connectivity index (χ0) is 37.9. The minimum atomic E-state index is 0.865. The molecule has 0 unspecified atom stereocenters. The molecule has 0 spiro atoms. The molecule has 11 aromatic rings. The van der Waals surface area contributed by atoms with Crippen molar-refractivity contribution >= 4 is 53.9 Å². The molecule has 0 fully saturated rings. The van der Waals surface area contributed by atoms with Crippen LogP contribution in [-0.2, 0) is 0 Å². The Morgan fingerprint density at radius 3 is 1.58 bits per heavy atom. The number of rotatable bonds is 5. The van der Waals surface area contributed by atoms with E-state index >= 15 is 0 Å². The highest BCUT2D eigenvalue weighted by Gasteiger charge is 2.15. The first-order valence-corrected chi connectivity index (χ1v) is 19.6. The number of benzene rings is 10. The average molecular weight is 725 g/mol. The van der Waals surface area contributed by atoms with Crippen LogP contribution in [0.25, 0.3) is 110 Å². The van der Waals surface area contributed by atoms with Gasteiger partial charge in [-0.3, -0.25) is 0 Å². The molecule has 0 aliphatic heterocycles. The molecule has 0 saturated heterocycles. The Bertz CT molecular complexity index is 3330. The normalized spacial score (nSPS) is 11.6. The second kappa shape index (κ2) is 13.4. The molecule has 2 nitrogen and oxygen atoms in total. The highest BCUT2D eigenvalue weighted by molar-refractivity contribution is 6.21. The van der Waals surface area contributed by atoms with E-state index < -0.39 is 0 Å². The van der Waals surface area contributed by atoms with Gasteiger partial charge < -0.3 is 0 Å². The molecule has 0 amide bonds. The molecule has 10 aromatic carbocycles. The van der Waals surface area contributed by atoms with Gasteiger partial charge in [-0.05, 0) is 118 Å². The summed E-state index contributed by atoms with van der Waals surface area (Å²) < 4.78 is 0. The fourth-order valence-electron chi connectivity index (χ4n) is 8.94. The number of fused-ring (bicyclic) bond motifs is 7. The number of nitrogens with zero attached hydrogens (tertiary/aromatic N) is 2. The van der Waals surface area contributed by atoms with Crippen LogP contribution in [0, 0.1) is 6.92 Å². The van der Waals surface area contributed by atoms with Crippen LogP contribution in [0.3, 0.4) is 0 Å². The zero-order valence-corrected chi connectivity index (χ0v) is 31.4. The van der Waals surface area contributed by atoms with Crippen molar-refractivity contribution < 1.29 is 0 Å². The minimum Gasteiger partial charge on any atom is -0.150 e. The highest BCUT2D eigenvalue weighted by Crippen LogP contribution is 2.42.